The second kappa shape index (κ2) is 6.37. The van der Waals surface area contributed by atoms with Crippen LogP contribution < -0.4 is 10.5 Å². The highest BCUT2D eigenvalue weighted by Crippen LogP contribution is 2.23. The van der Waals surface area contributed by atoms with Gasteiger partial charge in [-0.15, -0.1) is 0 Å². The molecule has 0 heterocycles. The van der Waals surface area contributed by atoms with Gasteiger partial charge in [0.15, 0.2) is 0 Å². The van der Waals surface area contributed by atoms with Crippen molar-refractivity contribution < 1.29 is 9.13 Å². The van der Waals surface area contributed by atoms with Gasteiger partial charge >= 0.3 is 0 Å². The van der Waals surface area contributed by atoms with Gasteiger partial charge in [-0.2, -0.15) is 0 Å². The molecule has 2 nitrogen and oxygen atoms in total. The predicted molar refractivity (Wildman–Crippen MR) is 77.8 cm³/mol. The maximum absolute atomic E-state index is 13.2. The average Bonchev–Trinajstić information content (AvgIpc) is 2.41. The normalized spacial score (nSPS) is 10.5. The smallest absolute Gasteiger partial charge is 0.145 e. The number of hydrogen-bond donors (Lipinski definition) is 1. The van der Waals surface area contributed by atoms with Crippen LogP contribution in [0.15, 0.2) is 40.9 Å². The third kappa shape index (κ3) is 3.69. The molecule has 5 heteroatoms. The summed E-state index contributed by atoms with van der Waals surface area (Å²) in [6.07, 6.45) is 0. The maximum Gasteiger partial charge on any atom is 0.145 e. The highest BCUT2D eigenvalue weighted by atomic mass is 79.9. The van der Waals surface area contributed by atoms with Gasteiger partial charge in [0.1, 0.15) is 18.2 Å². The van der Waals surface area contributed by atoms with E-state index in [9.17, 15) is 4.39 Å². The number of rotatable bonds is 4. The maximum atomic E-state index is 13.2. The Morgan fingerprint density at radius 3 is 2.63 bits per heavy atom. The first-order chi connectivity index (χ1) is 9.10. The molecule has 19 heavy (non-hydrogen) atoms. The number of halogens is 3. The van der Waals surface area contributed by atoms with Crippen LogP contribution in [0, 0.1) is 5.82 Å². The first kappa shape index (κ1) is 14.3. The summed E-state index contributed by atoms with van der Waals surface area (Å²) in [5.41, 5.74) is 7.56. The highest BCUT2D eigenvalue weighted by Gasteiger charge is 2.05. The third-order valence-corrected chi connectivity index (χ3v) is 3.68. The first-order valence-corrected chi connectivity index (χ1v) is 6.82. The molecule has 100 valence electrons. The van der Waals surface area contributed by atoms with Crippen LogP contribution in [-0.4, -0.2) is 0 Å². The van der Waals surface area contributed by atoms with Crippen molar-refractivity contribution in [2.24, 2.45) is 5.73 Å². The van der Waals surface area contributed by atoms with E-state index >= 15 is 0 Å². The van der Waals surface area contributed by atoms with Gasteiger partial charge in [0.2, 0.25) is 0 Å². The highest BCUT2D eigenvalue weighted by molar-refractivity contribution is 9.10. The van der Waals surface area contributed by atoms with Crippen LogP contribution in [0.25, 0.3) is 0 Å². The van der Waals surface area contributed by atoms with Crippen molar-refractivity contribution in [2.75, 3.05) is 0 Å². The molecular formula is C14H12BrClFNO. The number of benzene rings is 2. The van der Waals surface area contributed by atoms with Crippen molar-refractivity contribution in [1.29, 1.82) is 0 Å². The molecule has 0 amide bonds. The van der Waals surface area contributed by atoms with Gasteiger partial charge in [0, 0.05) is 22.6 Å². The SMILES string of the molecule is NCc1ccc(COc2ccc(Cl)c(F)c2)c(Br)c1. The molecular weight excluding hydrogens is 333 g/mol. The molecule has 0 aromatic heterocycles. The molecule has 0 bridgehead atoms. The molecule has 0 atom stereocenters. The number of hydrogen-bond acceptors (Lipinski definition) is 2. The minimum Gasteiger partial charge on any atom is -0.489 e. The Kier molecular flexibility index (Phi) is 4.80. The zero-order chi connectivity index (χ0) is 13.8. The van der Waals surface area contributed by atoms with E-state index in [4.69, 9.17) is 22.1 Å². The van der Waals surface area contributed by atoms with Gasteiger partial charge in [0.25, 0.3) is 0 Å². The molecule has 0 saturated carbocycles. The minimum atomic E-state index is -0.489. The lowest BCUT2D eigenvalue weighted by Gasteiger charge is -2.09. The Hall–Kier alpha value is -1.10. The molecule has 2 aromatic carbocycles. The van der Waals surface area contributed by atoms with Gasteiger partial charge in [-0.1, -0.05) is 39.7 Å². The lowest BCUT2D eigenvalue weighted by molar-refractivity contribution is 0.304. The van der Waals surface area contributed by atoms with E-state index in [1.165, 1.54) is 12.1 Å². The molecule has 0 fully saturated rings. The van der Waals surface area contributed by atoms with Gasteiger partial charge in [-0.3, -0.25) is 0 Å². The van der Waals surface area contributed by atoms with Crippen LogP contribution in [0.1, 0.15) is 11.1 Å². The van der Waals surface area contributed by atoms with E-state index in [0.717, 1.165) is 15.6 Å². The Labute approximate surface area is 124 Å². The lowest BCUT2D eigenvalue weighted by atomic mass is 10.1. The second-order valence-corrected chi connectivity index (χ2v) is 5.26. The fourth-order valence-electron chi connectivity index (χ4n) is 1.56. The number of nitrogens with two attached hydrogens (primary N) is 1. The average molecular weight is 345 g/mol. The van der Waals surface area contributed by atoms with Gasteiger partial charge in [-0.05, 0) is 23.8 Å². The summed E-state index contributed by atoms with van der Waals surface area (Å²) >= 11 is 9.06. The molecule has 2 rings (SSSR count). The van der Waals surface area contributed by atoms with Crippen molar-refractivity contribution in [1.82, 2.24) is 0 Å². The van der Waals surface area contributed by atoms with E-state index in [2.05, 4.69) is 15.9 Å². The Balaban J connectivity index is 2.07. The molecule has 0 aliphatic heterocycles. The summed E-state index contributed by atoms with van der Waals surface area (Å²) in [6.45, 7) is 0.828. The zero-order valence-electron chi connectivity index (χ0n) is 10.00. The van der Waals surface area contributed by atoms with Crippen molar-refractivity contribution >= 4 is 27.5 Å². The molecule has 0 aliphatic rings. The van der Waals surface area contributed by atoms with Crippen LogP contribution in [-0.2, 0) is 13.2 Å². The van der Waals surface area contributed by atoms with Crippen molar-refractivity contribution in [2.45, 2.75) is 13.2 Å². The fourth-order valence-corrected chi connectivity index (χ4v) is 2.22. The Morgan fingerprint density at radius 1 is 1.21 bits per heavy atom. The van der Waals surface area contributed by atoms with Crippen molar-refractivity contribution in [3.05, 3.63) is 62.8 Å². The van der Waals surface area contributed by atoms with E-state index in [0.29, 0.717) is 18.9 Å². The van der Waals surface area contributed by atoms with Crippen LogP contribution >= 0.6 is 27.5 Å². The predicted octanol–water partition coefficient (Wildman–Crippen LogP) is 4.28. The molecule has 0 spiro atoms. The third-order valence-electron chi connectivity index (χ3n) is 2.64. The largest absolute Gasteiger partial charge is 0.489 e. The molecule has 0 radical (unpaired) electrons. The topological polar surface area (TPSA) is 35.2 Å². The van der Waals surface area contributed by atoms with Gasteiger partial charge in [-0.25, -0.2) is 4.39 Å². The van der Waals surface area contributed by atoms with Crippen molar-refractivity contribution in [3.8, 4) is 5.75 Å². The van der Waals surface area contributed by atoms with Gasteiger partial charge in [0.05, 0.1) is 5.02 Å². The lowest BCUT2D eigenvalue weighted by Crippen LogP contribution is -2.00. The van der Waals surface area contributed by atoms with Crippen LogP contribution in [0.4, 0.5) is 4.39 Å². The van der Waals surface area contributed by atoms with E-state index in [1.807, 2.05) is 18.2 Å². The van der Waals surface area contributed by atoms with Crippen molar-refractivity contribution in [3.63, 3.8) is 0 Å². The monoisotopic (exact) mass is 343 g/mol. The van der Waals surface area contributed by atoms with E-state index in [1.54, 1.807) is 6.07 Å². The zero-order valence-corrected chi connectivity index (χ0v) is 12.3. The molecule has 2 aromatic rings. The molecule has 0 aliphatic carbocycles. The fraction of sp³-hybridized carbons (Fsp3) is 0.143. The quantitative estimate of drug-likeness (QED) is 0.898. The van der Waals surface area contributed by atoms with Crippen LogP contribution in [0.3, 0.4) is 0 Å². The van der Waals surface area contributed by atoms with E-state index in [-0.39, 0.29) is 5.02 Å². The first-order valence-electron chi connectivity index (χ1n) is 5.65. The summed E-state index contributed by atoms with van der Waals surface area (Å²) in [5.74, 6) is -0.0478. The summed E-state index contributed by atoms with van der Waals surface area (Å²) in [7, 11) is 0. The second-order valence-electron chi connectivity index (χ2n) is 3.99. The summed E-state index contributed by atoms with van der Waals surface area (Å²) in [6, 6.07) is 10.2. The standard InChI is InChI=1S/C14H12BrClFNO/c15-12-5-9(7-18)1-2-10(12)8-19-11-3-4-13(16)14(17)6-11/h1-6H,7-8,18H2. The summed E-state index contributed by atoms with van der Waals surface area (Å²) < 4.78 is 19.7. The Bertz CT molecular complexity index is 592. The van der Waals surface area contributed by atoms with Gasteiger partial charge < -0.3 is 10.5 Å². The van der Waals surface area contributed by atoms with E-state index < -0.39 is 5.82 Å². The summed E-state index contributed by atoms with van der Waals surface area (Å²) in [5, 5.41) is 0.0841. The number of ether oxygens (including phenoxy) is 1. The molecule has 0 unspecified atom stereocenters. The Morgan fingerprint density at radius 2 is 2.00 bits per heavy atom. The summed E-state index contributed by atoms with van der Waals surface area (Å²) in [4.78, 5) is 0. The van der Waals surface area contributed by atoms with Crippen LogP contribution in [0.5, 0.6) is 5.75 Å². The van der Waals surface area contributed by atoms with Crippen LogP contribution in [0.2, 0.25) is 5.02 Å². The molecule has 0 saturated heterocycles. The molecule has 2 N–H and O–H groups in total. The minimum absolute atomic E-state index is 0.0841.